The van der Waals surface area contributed by atoms with E-state index in [-0.39, 0.29) is 6.10 Å². The molecule has 35 heavy (non-hydrogen) atoms. The Labute approximate surface area is 202 Å². The molecule has 4 N–H and O–H groups in total. The molecule has 0 radical (unpaired) electrons. The number of carbonyl (C=O) groups is 1. The Morgan fingerprint density at radius 2 is 1.89 bits per heavy atom. The van der Waals surface area contributed by atoms with Crippen LogP contribution in [0.1, 0.15) is 36.9 Å². The Kier molecular flexibility index (Phi) is 5.90. The molecular formula is C26H26N6O3. The number of ether oxygens (including phenoxy) is 1. The summed E-state index contributed by atoms with van der Waals surface area (Å²) in [6.45, 7) is 0. The number of nitrogens with two attached hydrogens (primary N) is 1. The van der Waals surface area contributed by atoms with Crippen molar-refractivity contribution in [2.45, 2.75) is 37.2 Å². The molecule has 0 aliphatic heterocycles. The van der Waals surface area contributed by atoms with E-state index >= 15 is 0 Å². The summed E-state index contributed by atoms with van der Waals surface area (Å²) in [5, 5.41) is 12.7. The standard InChI is InChI=1S/C26H26N6O3/c1-28-24(32-22-14-29-15-23(31-22)35-19-7-8-19)20(12-27)21-9-4-17(13-30-21)16-2-5-18(6-3-16)26(10-11-26)25(33)34/h2-6,9,12-15,19H,7-8,10-11,27H2,1H3,(H,33,34)(H,28,31,32). The van der Waals surface area contributed by atoms with Crippen LogP contribution in [0.3, 0.4) is 0 Å². The van der Waals surface area contributed by atoms with Crippen molar-refractivity contribution in [3.05, 3.63) is 72.4 Å². The molecule has 9 nitrogen and oxygen atoms in total. The van der Waals surface area contributed by atoms with Crippen LogP contribution in [0.15, 0.2) is 66.2 Å². The number of hydrogen-bond acceptors (Lipinski definition) is 7. The fourth-order valence-corrected chi connectivity index (χ4v) is 3.93. The van der Waals surface area contributed by atoms with Gasteiger partial charge in [0.25, 0.3) is 0 Å². The van der Waals surface area contributed by atoms with Gasteiger partial charge in [-0.05, 0) is 42.9 Å². The number of aliphatic carboxylic acids is 1. The first-order valence-corrected chi connectivity index (χ1v) is 11.5. The quantitative estimate of drug-likeness (QED) is 0.335. The molecule has 2 aliphatic carbocycles. The van der Waals surface area contributed by atoms with Crippen molar-refractivity contribution in [3.8, 4) is 17.0 Å². The summed E-state index contributed by atoms with van der Waals surface area (Å²) in [5.41, 5.74) is 9.20. The summed E-state index contributed by atoms with van der Waals surface area (Å²) in [7, 11) is 1.66. The topological polar surface area (TPSA) is 136 Å². The number of amidine groups is 1. The van der Waals surface area contributed by atoms with Crippen molar-refractivity contribution in [2.24, 2.45) is 10.7 Å². The van der Waals surface area contributed by atoms with Crippen molar-refractivity contribution >= 4 is 23.2 Å². The van der Waals surface area contributed by atoms with Gasteiger partial charge < -0.3 is 20.9 Å². The molecule has 0 spiro atoms. The molecule has 0 atom stereocenters. The smallest absolute Gasteiger partial charge is 0.314 e. The number of hydrogen-bond donors (Lipinski definition) is 3. The van der Waals surface area contributed by atoms with Gasteiger partial charge in [0.2, 0.25) is 5.88 Å². The van der Waals surface area contributed by atoms with Crippen LogP contribution in [0.5, 0.6) is 5.88 Å². The van der Waals surface area contributed by atoms with Gasteiger partial charge in [-0.1, -0.05) is 30.3 Å². The first-order chi connectivity index (χ1) is 17.0. The highest BCUT2D eigenvalue weighted by atomic mass is 16.5. The molecular weight excluding hydrogens is 444 g/mol. The number of benzene rings is 1. The fraction of sp³-hybridized carbons (Fsp3) is 0.269. The van der Waals surface area contributed by atoms with Crippen LogP contribution < -0.4 is 15.8 Å². The number of anilines is 1. The highest BCUT2D eigenvalue weighted by Crippen LogP contribution is 2.48. The monoisotopic (exact) mass is 470 g/mol. The highest BCUT2D eigenvalue weighted by molar-refractivity contribution is 6.27. The molecule has 0 amide bonds. The second-order valence-corrected chi connectivity index (χ2v) is 8.73. The predicted molar refractivity (Wildman–Crippen MR) is 133 cm³/mol. The van der Waals surface area contributed by atoms with E-state index in [0.29, 0.717) is 41.6 Å². The molecule has 2 heterocycles. The van der Waals surface area contributed by atoms with Gasteiger partial charge in [0.15, 0.2) is 5.82 Å². The van der Waals surface area contributed by atoms with Crippen LogP contribution >= 0.6 is 0 Å². The SMILES string of the molecule is CN=C(Nc1cncc(OC2CC2)n1)C(=CN)c1ccc(-c2ccc(C3(C(=O)O)CC3)cc2)cn1. The van der Waals surface area contributed by atoms with Crippen LogP contribution in [0.2, 0.25) is 0 Å². The zero-order valence-corrected chi connectivity index (χ0v) is 19.3. The molecule has 0 saturated heterocycles. The number of aromatic nitrogens is 3. The number of aliphatic imine (C=N–C) groups is 1. The van der Waals surface area contributed by atoms with Crippen molar-refractivity contribution in [1.82, 2.24) is 15.0 Å². The largest absolute Gasteiger partial charge is 0.481 e. The molecule has 2 aromatic heterocycles. The minimum atomic E-state index is -0.757. The highest BCUT2D eigenvalue weighted by Gasteiger charge is 2.51. The molecule has 0 unspecified atom stereocenters. The van der Waals surface area contributed by atoms with E-state index in [1.807, 2.05) is 36.4 Å². The van der Waals surface area contributed by atoms with E-state index in [1.165, 1.54) is 6.20 Å². The second kappa shape index (κ2) is 9.17. The van der Waals surface area contributed by atoms with Gasteiger partial charge in [-0.25, -0.2) is 0 Å². The molecule has 0 bridgehead atoms. The van der Waals surface area contributed by atoms with E-state index < -0.39 is 11.4 Å². The van der Waals surface area contributed by atoms with Crippen LogP contribution in [0.25, 0.3) is 16.7 Å². The summed E-state index contributed by atoms with van der Waals surface area (Å²) < 4.78 is 5.71. The van der Waals surface area contributed by atoms with Gasteiger partial charge in [-0.2, -0.15) is 4.98 Å². The molecule has 9 heteroatoms. The van der Waals surface area contributed by atoms with E-state index in [9.17, 15) is 9.90 Å². The lowest BCUT2D eigenvalue weighted by atomic mass is 9.94. The minimum Gasteiger partial charge on any atom is -0.481 e. The molecule has 178 valence electrons. The van der Waals surface area contributed by atoms with Gasteiger partial charge >= 0.3 is 5.97 Å². The summed E-state index contributed by atoms with van der Waals surface area (Å²) >= 11 is 0. The average Bonchev–Trinajstić information content (AvgIpc) is 3.80. The predicted octanol–water partition coefficient (Wildman–Crippen LogP) is 3.64. The lowest BCUT2D eigenvalue weighted by molar-refractivity contribution is -0.140. The first kappa shape index (κ1) is 22.5. The van der Waals surface area contributed by atoms with E-state index in [1.54, 1.807) is 25.6 Å². The maximum atomic E-state index is 11.6. The Bertz CT molecular complexity index is 1290. The van der Waals surface area contributed by atoms with Crippen LogP contribution in [-0.4, -0.2) is 45.0 Å². The Balaban J connectivity index is 1.31. The van der Waals surface area contributed by atoms with E-state index in [4.69, 9.17) is 10.5 Å². The number of nitrogens with one attached hydrogen (secondary N) is 1. The molecule has 1 aromatic carbocycles. The number of rotatable bonds is 8. The summed E-state index contributed by atoms with van der Waals surface area (Å²) in [6.07, 6.45) is 10.1. The van der Waals surface area contributed by atoms with Crippen molar-refractivity contribution in [3.63, 3.8) is 0 Å². The number of pyridine rings is 1. The van der Waals surface area contributed by atoms with Gasteiger partial charge in [0.1, 0.15) is 11.9 Å². The minimum absolute atomic E-state index is 0.226. The maximum Gasteiger partial charge on any atom is 0.314 e. The lowest BCUT2D eigenvalue weighted by Gasteiger charge is -2.13. The first-order valence-electron chi connectivity index (χ1n) is 11.5. The van der Waals surface area contributed by atoms with Crippen LogP contribution in [-0.2, 0) is 10.2 Å². The summed E-state index contributed by atoms with van der Waals surface area (Å²) in [6, 6.07) is 11.5. The van der Waals surface area contributed by atoms with Crippen LogP contribution in [0.4, 0.5) is 5.82 Å². The third-order valence-electron chi connectivity index (χ3n) is 6.29. The Morgan fingerprint density at radius 1 is 1.14 bits per heavy atom. The summed E-state index contributed by atoms with van der Waals surface area (Å²) in [5.74, 6) is 0.705. The molecule has 2 fully saturated rings. The van der Waals surface area contributed by atoms with Gasteiger partial charge in [-0.15, -0.1) is 0 Å². The molecule has 2 aliphatic rings. The Hall–Kier alpha value is -4.27. The van der Waals surface area contributed by atoms with Crippen molar-refractivity contribution < 1.29 is 14.6 Å². The number of carboxylic acid groups (broad SMARTS) is 1. The zero-order chi connectivity index (χ0) is 24.4. The van der Waals surface area contributed by atoms with E-state index in [0.717, 1.165) is 29.5 Å². The van der Waals surface area contributed by atoms with E-state index in [2.05, 4.69) is 25.3 Å². The molecule has 5 rings (SSSR count). The lowest BCUT2D eigenvalue weighted by Crippen LogP contribution is -2.19. The third kappa shape index (κ3) is 4.70. The number of nitrogens with zero attached hydrogens (tertiary/aromatic N) is 4. The van der Waals surface area contributed by atoms with Crippen molar-refractivity contribution in [2.75, 3.05) is 12.4 Å². The van der Waals surface area contributed by atoms with Gasteiger partial charge in [-0.3, -0.25) is 19.8 Å². The van der Waals surface area contributed by atoms with Gasteiger partial charge in [0, 0.05) is 25.0 Å². The number of carboxylic acids is 1. The third-order valence-corrected chi connectivity index (χ3v) is 6.29. The van der Waals surface area contributed by atoms with Gasteiger partial charge in [0.05, 0.1) is 29.1 Å². The zero-order valence-electron chi connectivity index (χ0n) is 19.3. The second-order valence-electron chi connectivity index (χ2n) is 8.73. The Morgan fingerprint density at radius 3 is 2.46 bits per heavy atom. The molecule has 3 aromatic rings. The normalized spacial score (nSPS) is 17.1. The molecule has 2 saturated carbocycles. The fourth-order valence-electron chi connectivity index (χ4n) is 3.93. The maximum absolute atomic E-state index is 11.6. The van der Waals surface area contributed by atoms with Crippen LogP contribution in [0, 0.1) is 0 Å². The van der Waals surface area contributed by atoms with Crippen molar-refractivity contribution in [1.29, 1.82) is 0 Å². The average molecular weight is 471 g/mol. The summed E-state index contributed by atoms with van der Waals surface area (Å²) in [4.78, 5) is 29.1.